The van der Waals surface area contributed by atoms with Gasteiger partial charge in [-0.05, 0) is 55.3 Å². The Morgan fingerprint density at radius 2 is 1.52 bits per heavy atom. The van der Waals surface area contributed by atoms with Gasteiger partial charge in [0.2, 0.25) is 10.0 Å². The van der Waals surface area contributed by atoms with Gasteiger partial charge in [-0.3, -0.25) is 4.79 Å². The Morgan fingerprint density at radius 3 is 2.15 bits per heavy atom. The van der Waals surface area contributed by atoms with Crippen LogP contribution in [0, 0.1) is 0 Å². The molecule has 10 heteroatoms. The van der Waals surface area contributed by atoms with Crippen molar-refractivity contribution in [1.82, 2.24) is 9.03 Å². The predicted molar refractivity (Wildman–Crippen MR) is 101 cm³/mol. The number of halogens is 1. The minimum absolute atomic E-state index is 0.115. The first kappa shape index (κ1) is 19.8. The highest BCUT2D eigenvalue weighted by atomic mass is 35.5. The maximum atomic E-state index is 12.6. The number of carbonyl (C=O) groups excluding carboxylic acids is 1. The molecular formula is C17H17ClN2O5S2. The second-order valence-electron chi connectivity index (χ2n) is 6.03. The third-order valence-electron chi connectivity index (χ3n) is 4.15. The summed E-state index contributed by atoms with van der Waals surface area (Å²) in [6.45, 7) is 0.819. The number of rotatable bonds is 5. The summed E-state index contributed by atoms with van der Waals surface area (Å²) < 4.78 is 53.5. The fourth-order valence-corrected chi connectivity index (χ4v) is 5.50. The lowest BCUT2D eigenvalue weighted by Gasteiger charge is -2.16. The Kier molecular flexibility index (Phi) is 5.57. The molecular weight excluding hydrogens is 412 g/mol. The minimum Gasteiger partial charge on any atom is -0.268 e. The van der Waals surface area contributed by atoms with E-state index in [1.54, 1.807) is 0 Å². The van der Waals surface area contributed by atoms with E-state index in [0.29, 0.717) is 18.1 Å². The van der Waals surface area contributed by atoms with Crippen molar-refractivity contribution in [3.05, 3.63) is 59.1 Å². The summed E-state index contributed by atoms with van der Waals surface area (Å²) in [5.41, 5.74) is 0.115. The van der Waals surface area contributed by atoms with Crippen LogP contribution >= 0.6 is 11.6 Å². The van der Waals surface area contributed by atoms with Crippen LogP contribution in [0.4, 0.5) is 0 Å². The zero-order valence-corrected chi connectivity index (χ0v) is 16.5. The molecule has 1 saturated heterocycles. The fraction of sp³-hybridized carbons (Fsp3) is 0.235. The Morgan fingerprint density at radius 1 is 0.926 bits per heavy atom. The van der Waals surface area contributed by atoms with Crippen LogP contribution in [-0.4, -0.2) is 40.1 Å². The van der Waals surface area contributed by atoms with Gasteiger partial charge in [-0.15, -0.1) is 0 Å². The van der Waals surface area contributed by atoms with Crippen molar-refractivity contribution < 1.29 is 21.6 Å². The van der Waals surface area contributed by atoms with E-state index in [4.69, 9.17) is 11.6 Å². The van der Waals surface area contributed by atoms with Crippen LogP contribution in [0.3, 0.4) is 0 Å². The highest BCUT2D eigenvalue weighted by molar-refractivity contribution is 7.90. The average molecular weight is 429 g/mol. The van der Waals surface area contributed by atoms with E-state index >= 15 is 0 Å². The quantitative estimate of drug-likeness (QED) is 0.787. The van der Waals surface area contributed by atoms with Crippen molar-refractivity contribution >= 4 is 37.6 Å². The molecule has 0 aromatic heterocycles. The molecule has 1 N–H and O–H groups in total. The largest absolute Gasteiger partial charge is 0.268 e. The first-order valence-electron chi connectivity index (χ1n) is 8.13. The number of amides is 1. The van der Waals surface area contributed by atoms with Gasteiger partial charge in [0.15, 0.2) is 0 Å². The predicted octanol–water partition coefficient (Wildman–Crippen LogP) is 2.24. The van der Waals surface area contributed by atoms with Gasteiger partial charge in [0.05, 0.1) is 9.79 Å². The second-order valence-corrected chi connectivity index (χ2v) is 10.1. The van der Waals surface area contributed by atoms with Crippen molar-refractivity contribution in [1.29, 1.82) is 0 Å². The lowest BCUT2D eigenvalue weighted by Crippen LogP contribution is -2.31. The smallest absolute Gasteiger partial charge is 0.264 e. The van der Waals surface area contributed by atoms with E-state index in [2.05, 4.69) is 0 Å². The molecule has 27 heavy (non-hydrogen) atoms. The molecule has 2 aromatic rings. The monoisotopic (exact) mass is 428 g/mol. The summed E-state index contributed by atoms with van der Waals surface area (Å²) in [5.74, 6) is -0.834. The normalized spacial score (nSPS) is 15.6. The number of hydrogen-bond acceptors (Lipinski definition) is 5. The van der Waals surface area contributed by atoms with Crippen LogP contribution < -0.4 is 4.72 Å². The van der Waals surface area contributed by atoms with Gasteiger partial charge in [-0.25, -0.2) is 21.6 Å². The molecule has 0 saturated carbocycles. The summed E-state index contributed by atoms with van der Waals surface area (Å²) in [7, 11) is -8.00. The molecule has 0 bridgehead atoms. The third kappa shape index (κ3) is 4.32. The van der Waals surface area contributed by atoms with Crippen LogP contribution in [-0.2, 0) is 20.0 Å². The van der Waals surface area contributed by atoms with Crippen LogP contribution in [0.15, 0.2) is 58.3 Å². The van der Waals surface area contributed by atoms with Crippen LogP contribution in [0.1, 0.15) is 23.2 Å². The summed E-state index contributed by atoms with van der Waals surface area (Å²) in [4.78, 5) is 11.8. The maximum absolute atomic E-state index is 12.6. The number of carbonyl (C=O) groups is 1. The first-order valence-corrected chi connectivity index (χ1v) is 11.4. The van der Waals surface area contributed by atoms with E-state index < -0.39 is 26.0 Å². The van der Waals surface area contributed by atoms with Gasteiger partial charge < -0.3 is 0 Å². The summed E-state index contributed by atoms with van der Waals surface area (Å²) in [6.07, 6.45) is 1.54. The zero-order chi connectivity index (χ0) is 19.7. The number of hydrogen-bond donors (Lipinski definition) is 1. The highest BCUT2D eigenvalue weighted by Gasteiger charge is 2.28. The van der Waals surface area contributed by atoms with E-state index in [9.17, 15) is 21.6 Å². The average Bonchev–Trinajstić information content (AvgIpc) is 3.17. The first-order chi connectivity index (χ1) is 12.7. The van der Waals surface area contributed by atoms with Gasteiger partial charge in [0, 0.05) is 23.7 Å². The molecule has 1 amide bonds. The van der Waals surface area contributed by atoms with Gasteiger partial charge in [0.25, 0.3) is 15.9 Å². The molecule has 0 aliphatic carbocycles. The van der Waals surface area contributed by atoms with Crippen molar-refractivity contribution in [2.45, 2.75) is 22.6 Å². The second kappa shape index (κ2) is 7.59. The van der Waals surface area contributed by atoms with Gasteiger partial charge >= 0.3 is 0 Å². The molecule has 3 rings (SSSR count). The van der Waals surface area contributed by atoms with Gasteiger partial charge in [-0.1, -0.05) is 17.7 Å². The molecule has 1 aliphatic rings. The molecule has 0 atom stereocenters. The zero-order valence-electron chi connectivity index (χ0n) is 14.1. The maximum Gasteiger partial charge on any atom is 0.264 e. The molecule has 0 unspecified atom stereocenters. The van der Waals surface area contributed by atoms with Crippen LogP contribution in [0.25, 0.3) is 0 Å². The Hall–Kier alpha value is -1.94. The molecule has 7 nitrogen and oxygen atoms in total. The Balaban J connectivity index is 1.87. The lowest BCUT2D eigenvalue weighted by molar-refractivity contribution is 0.0981. The lowest BCUT2D eigenvalue weighted by atomic mass is 10.2. The molecule has 0 spiro atoms. The van der Waals surface area contributed by atoms with E-state index in [1.165, 1.54) is 46.8 Å². The molecule has 144 valence electrons. The summed E-state index contributed by atoms with van der Waals surface area (Å²) >= 11 is 5.75. The molecule has 1 aliphatic heterocycles. The van der Waals surface area contributed by atoms with E-state index in [1.807, 2.05) is 4.72 Å². The number of nitrogens with one attached hydrogen (secondary N) is 1. The van der Waals surface area contributed by atoms with Gasteiger partial charge in [-0.2, -0.15) is 4.31 Å². The summed E-state index contributed by atoms with van der Waals surface area (Å²) in [5, 5.41) is 0.411. The number of sulfonamides is 2. The Labute approximate surface area is 163 Å². The van der Waals surface area contributed by atoms with E-state index in [-0.39, 0.29) is 15.4 Å². The highest BCUT2D eigenvalue weighted by Crippen LogP contribution is 2.23. The number of benzene rings is 2. The molecule has 1 fully saturated rings. The van der Waals surface area contributed by atoms with Crippen molar-refractivity contribution in [2.75, 3.05) is 13.1 Å². The SMILES string of the molecule is O=C(NS(=O)(=O)c1cccc(S(=O)(=O)N2CCCC2)c1)c1ccc(Cl)cc1. The molecule has 2 aromatic carbocycles. The van der Waals surface area contributed by atoms with E-state index in [0.717, 1.165) is 18.9 Å². The summed E-state index contributed by atoms with van der Waals surface area (Å²) in [6, 6.07) is 10.7. The molecule has 1 heterocycles. The Bertz CT molecular complexity index is 1060. The minimum atomic E-state index is -4.24. The van der Waals surface area contributed by atoms with Crippen LogP contribution in [0.5, 0.6) is 0 Å². The van der Waals surface area contributed by atoms with Crippen molar-refractivity contribution in [3.8, 4) is 0 Å². The van der Waals surface area contributed by atoms with Crippen molar-refractivity contribution in [2.24, 2.45) is 0 Å². The van der Waals surface area contributed by atoms with Crippen molar-refractivity contribution in [3.63, 3.8) is 0 Å². The third-order valence-corrected chi connectivity index (χ3v) is 7.63. The fourth-order valence-electron chi connectivity index (χ4n) is 2.72. The number of nitrogens with zero attached hydrogens (tertiary/aromatic N) is 1. The topological polar surface area (TPSA) is 101 Å². The molecule has 0 radical (unpaired) electrons. The standard InChI is InChI=1S/C17H17ClN2O5S2/c18-14-8-6-13(7-9-14)17(21)19-26(22,23)15-4-3-5-16(12-15)27(24,25)20-10-1-2-11-20/h3-9,12H,1-2,10-11H2,(H,19,21). The van der Waals surface area contributed by atoms with Crippen LogP contribution in [0.2, 0.25) is 5.02 Å². The van der Waals surface area contributed by atoms with Gasteiger partial charge in [0.1, 0.15) is 0 Å².